The molecule has 0 saturated carbocycles. The van der Waals surface area contributed by atoms with E-state index in [-0.39, 0.29) is 16.7 Å². The van der Waals surface area contributed by atoms with Gasteiger partial charge in [0, 0.05) is 23.4 Å². The summed E-state index contributed by atoms with van der Waals surface area (Å²) in [5, 5.41) is 14.3. The predicted molar refractivity (Wildman–Crippen MR) is 85.7 cm³/mol. The van der Waals surface area contributed by atoms with E-state index in [1.54, 1.807) is 19.1 Å². The number of nitrogens with one attached hydrogen (secondary N) is 1. The highest BCUT2D eigenvalue weighted by Crippen LogP contribution is 2.23. The first-order chi connectivity index (χ1) is 10.1. The molecular weight excluding hydrogens is 264 g/mol. The average molecular weight is 284 g/mol. The Morgan fingerprint density at radius 2 is 1.90 bits per heavy atom. The number of rotatable bonds is 6. The molecule has 4 heteroatoms. The summed E-state index contributed by atoms with van der Waals surface area (Å²) in [6, 6.07) is 15.9. The first kappa shape index (κ1) is 15.0. The highest BCUT2D eigenvalue weighted by Gasteiger charge is 2.12. The standard InChI is InChI=1S/C17H20N2O2/c1-13-8-11-16(12-17(13)19(20)21)18-14(2)9-10-15-6-4-3-5-7-15/h3-8,11-12,14,18H,9-10H2,1-2H3. The lowest BCUT2D eigenvalue weighted by Gasteiger charge is -2.15. The molecule has 2 aromatic carbocycles. The molecule has 0 radical (unpaired) electrons. The SMILES string of the molecule is Cc1ccc(NC(C)CCc2ccccc2)cc1[N+](=O)[O-]. The van der Waals surface area contributed by atoms with Crippen molar-refractivity contribution >= 4 is 11.4 Å². The Hall–Kier alpha value is -2.36. The maximum Gasteiger partial charge on any atom is 0.274 e. The van der Waals surface area contributed by atoms with E-state index in [1.165, 1.54) is 5.56 Å². The van der Waals surface area contributed by atoms with Crippen molar-refractivity contribution in [3.63, 3.8) is 0 Å². The molecule has 1 atom stereocenters. The number of nitro benzene ring substituents is 1. The predicted octanol–water partition coefficient (Wildman–Crippen LogP) is 4.34. The maximum absolute atomic E-state index is 10.9. The third kappa shape index (κ3) is 4.31. The molecule has 2 aromatic rings. The summed E-state index contributed by atoms with van der Waals surface area (Å²) < 4.78 is 0. The number of nitro groups is 1. The Morgan fingerprint density at radius 3 is 2.57 bits per heavy atom. The zero-order valence-corrected chi connectivity index (χ0v) is 12.4. The fourth-order valence-corrected chi connectivity index (χ4v) is 2.28. The second-order valence-electron chi connectivity index (χ2n) is 5.33. The third-order valence-electron chi connectivity index (χ3n) is 3.53. The van der Waals surface area contributed by atoms with Gasteiger partial charge in [0.05, 0.1) is 4.92 Å². The molecule has 0 amide bonds. The zero-order chi connectivity index (χ0) is 15.2. The molecule has 1 N–H and O–H groups in total. The fraction of sp³-hybridized carbons (Fsp3) is 0.294. The van der Waals surface area contributed by atoms with Crippen molar-refractivity contribution in [3.8, 4) is 0 Å². The highest BCUT2D eigenvalue weighted by atomic mass is 16.6. The minimum atomic E-state index is -0.338. The minimum Gasteiger partial charge on any atom is -0.382 e. The number of hydrogen-bond donors (Lipinski definition) is 1. The topological polar surface area (TPSA) is 55.2 Å². The van der Waals surface area contributed by atoms with Crippen LogP contribution < -0.4 is 5.32 Å². The Morgan fingerprint density at radius 1 is 1.19 bits per heavy atom. The van der Waals surface area contributed by atoms with E-state index < -0.39 is 0 Å². The van der Waals surface area contributed by atoms with E-state index in [1.807, 2.05) is 24.3 Å². The first-order valence-corrected chi connectivity index (χ1v) is 7.12. The summed E-state index contributed by atoms with van der Waals surface area (Å²) in [5.41, 5.74) is 2.95. The molecular formula is C17H20N2O2. The summed E-state index contributed by atoms with van der Waals surface area (Å²) in [6.45, 7) is 3.84. The van der Waals surface area contributed by atoms with Crippen LogP contribution in [0, 0.1) is 17.0 Å². The molecule has 1 unspecified atom stereocenters. The Bertz CT molecular complexity index is 611. The Labute approximate surface area is 125 Å². The average Bonchev–Trinajstić information content (AvgIpc) is 2.48. The number of nitrogens with zero attached hydrogens (tertiary/aromatic N) is 1. The number of aryl methyl sites for hydroxylation is 2. The molecule has 21 heavy (non-hydrogen) atoms. The minimum absolute atomic E-state index is 0.162. The van der Waals surface area contributed by atoms with Crippen LogP contribution in [0.3, 0.4) is 0 Å². The normalized spacial score (nSPS) is 11.9. The summed E-state index contributed by atoms with van der Waals surface area (Å²) in [5.74, 6) is 0. The van der Waals surface area contributed by atoms with Crippen LogP contribution in [0.1, 0.15) is 24.5 Å². The van der Waals surface area contributed by atoms with Gasteiger partial charge in [0.15, 0.2) is 0 Å². The van der Waals surface area contributed by atoms with Crippen molar-refractivity contribution in [2.45, 2.75) is 32.7 Å². The lowest BCUT2D eigenvalue weighted by Crippen LogP contribution is -2.16. The smallest absolute Gasteiger partial charge is 0.274 e. The first-order valence-electron chi connectivity index (χ1n) is 7.12. The fourth-order valence-electron chi connectivity index (χ4n) is 2.28. The van der Waals surface area contributed by atoms with Crippen molar-refractivity contribution in [1.82, 2.24) is 0 Å². The summed E-state index contributed by atoms with van der Waals surface area (Å²) in [4.78, 5) is 10.6. The molecule has 0 saturated heterocycles. The molecule has 110 valence electrons. The van der Waals surface area contributed by atoms with Crippen LogP contribution in [0.25, 0.3) is 0 Å². The van der Waals surface area contributed by atoms with E-state index in [0.29, 0.717) is 5.56 Å². The van der Waals surface area contributed by atoms with Gasteiger partial charge < -0.3 is 5.32 Å². The lowest BCUT2D eigenvalue weighted by atomic mass is 10.1. The number of benzene rings is 2. The summed E-state index contributed by atoms with van der Waals surface area (Å²) in [7, 11) is 0. The van der Waals surface area contributed by atoms with Crippen molar-refractivity contribution in [2.24, 2.45) is 0 Å². The summed E-state index contributed by atoms with van der Waals surface area (Å²) >= 11 is 0. The van der Waals surface area contributed by atoms with Crippen molar-refractivity contribution in [2.75, 3.05) is 5.32 Å². The van der Waals surface area contributed by atoms with Gasteiger partial charge in [-0.25, -0.2) is 0 Å². The molecule has 0 aliphatic heterocycles. The van der Waals surface area contributed by atoms with E-state index in [4.69, 9.17) is 0 Å². The second kappa shape index (κ2) is 6.88. The monoisotopic (exact) mass is 284 g/mol. The van der Waals surface area contributed by atoms with Gasteiger partial charge in [-0.05, 0) is 38.3 Å². The van der Waals surface area contributed by atoms with Gasteiger partial charge in [-0.3, -0.25) is 10.1 Å². The largest absolute Gasteiger partial charge is 0.382 e. The quantitative estimate of drug-likeness (QED) is 0.634. The lowest BCUT2D eigenvalue weighted by molar-refractivity contribution is -0.385. The van der Waals surface area contributed by atoms with Gasteiger partial charge in [0.1, 0.15) is 0 Å². The van der Waals surface area contributed by atoms with E-state index in [0.717, 1.165) is 18.5 Å². The second-order valence-corrected chi connectivity index (χ2v) is 5.33. The molecule has 0 aromatic heterocycles. The Kier molecular flexibility index (Phi) is 4.93. The van der Waals surface area contributed by atoms with Crippen LogP contribution in [-0.4, -0.2) is 11.0 Å². The van der Waals surface area contributed by atoms with Crippen molar-refractivity contribution in [3.05, 3.63) is 69.8 Å². The van der Waals surface area contributed by atoms with Crippen molar-refractivity contribution < 1.29 is 4.92 Å². The summed E-state index contributed by atoms with van der Waals surface area (Å²) in [6.07, 6.45) is 1.97. The Balaban J connectivity index is 1.95. The van der Waals surface area contributed by atoms with Crippen molar-refractivity contribution in [1.29, 1.82) is 0 Å². The van der Waals surface area contributed by atoms with Gasteiger partial charge in [0.25, 0.3) is 5.69 Å². The van der Waals surface area contributed by atoms with Crippen LogP contribution in [0.4, 0.5) is 11.4 Å². The molecule has 0 aliphatic rings. The third-order valence-corrected chi connectivity index (χ3v) is 3.53. The number of anilines is 1. The van der Waals surface area contributed by atoms with Gasteiger partial charge in [-0.2, -0.15) is 0 Å². The molecule has 0 fully saturated rings. The van der Waals surface area contributed by atoms with Crippen LogP contribution in [-0.2, 0) is 6.42 Å². The van der Waals surface area contributed by atoms with Gasteiger partial charge >= 0.3 is 0 Å². The van der Waals surface area contributed by atoms with Gasteiger partial charge in [-0.1, -0.05) is 36.4 Å². The maximum atomic E-state index is 10.9. The van der Waals surface area contributed by atoms with Gasteiger partial charge in [-0.15, -0.1) is 0 Å². The van der Waals surface area contributed by atoms with E-state index in [2.05, 4.69) is 24.4 Å². The molecule has 0 heterocycles. The van der Waals surface area contributed by atoms with Gasteiger partial charge in [0.2, 0.25) is 0 Å². The van der Waals surface area contributed by atoms with Crippen LogP contribution in [0.15, 0.2) is 48.5 Å². The molecule has 0 bridgehead atoms. The molecule has 0 spiro atoms. The highest BCUT2D eigenvalue weighted by molar-refractivity contribution is 5.55. The van der Waals surface area contributed by atoms with Crippen LogP contribution in [0.2, 0.25) is 0 Å². The molecule has 0 aliphatic carbocycles. The number of hydrogen-bond acceptors (Lipinski definition) is 3. The molecule has 2 rings (SSSR count). The molecule has 4 nitrogen and oxygen atoms in total. The zero-order valence-electron chi connectivity index (χ0n) is 12.4. The van der Waals surface area contributed by atoms with E-state index in [9.17, 15) is 10.1 Å². The van der Waals surface area contributed by atoms with E-state index >= 15 is 0 Å². The van der Waals surface area contributed by atoms with Crippen LogP contribution >= 0.6 is 0 Å². The van der Waals surface area contributed by atoms with Crippen LogP contribution in [0.5, 0.6) is 0 Å².